The van der Waals surface area contributed by atoms with Crippen molar-refractivity contribution in [2.45, 2.75) is 23.4 Å². The maximum atomic E-state index is 13.1. The second-order valence-corrected chi connectivity index (χ2v) is 6.79. The van der Waals surface area contributed by atoms with Crippen molar-refractivity contribution in [3.8, 4) is 11.5 Å². The van der Waals surface area contributed by atoms with Gasteiger partial charge in [-0.2, -0.15) is 13.2 Å². The second-order valence-electron chi connectivity index (χ2n) is 5.98. The third-order valence-electron chi connectivity index (χ3n) is 4.47. The normalized spacial score (nSPS) is 17.2. The molecular weight excluding hydrogens is 431 g/mol. The van der Waals surface area contributed by atoms with Gasteiger partial charge in [0, 0.05) is 12.5 Å². The number of phenolic OH excluding ortho intramolecular Hbond substituents is 2. The Kier molecular flexibility index (Phi) is 6.52. The summed E-state index contributed by atoms with van der Waals surface area (Å²) in [6, 6.07) is 6.75. The van der Waals surface area contributed by atoms with Gasteiger partial charge in [0.05, 0.1) is 10.5 Å². The fourth-order valence-electron chi connectivity index (χ4n) is 3.28. The molecule has 3 rings (SSSR count). The molecule has 1 atom stereocenters. The Morgan fingerprint density at radius 1 is 1.19 bits per heavy atom. The van der Waals surface area contributed by atoms with Crippen molar-refractivity contribution in [1.82, 2.24) is 5.32 Å². The summed E-state index contributed by atoms with van der Waals surface area (Å²) in [4.78, 5) is 0.579. The molecule has 0 aromatic heterocycles. The van der Waals surface area contributed by atoms with Gasteiger partial charge in [0.1, 0.15) is 0 Å². The predicted octanol–water partition coefficient (Wildman–Crippen LogP) is 4.69. The van der Waals surface area contributed by atoms with Crippen molar-refractivity contribution in [3.05, 3.63) is 52.6 Å². The van der Waals surface area contributed by atoms with E-state index in [0.29, 0.717) is 30.0 Å². The third-order valence-corrected chi connectivity index (χ3v) is 5.32. The van der Waals surface area contributed by atoms with Crippen LogP contribution in [0.25, 0.3) is 0 Å². The maximum Gasteiger partial charge on any atom is 0.416 e. The van der Waals surface area contributed by atoms with Crippen molar-refractivity contribution >= 4 is 28.7 Å². The largest absolute Gasteiger partial charge is 0.504 e. The first-order chi connectivity index (χ1) is 11.8. The van der Waals surface area contributed by atoms with E-state index in [1.165, 1.54) is 23.9 Å². The summed E-state index contributed by atoms with van der Waals surface area (Å²) in [7, 11) is 0. The number of phenols is 2. The zero-order valence-electron chi connectivity index (χ0n) is 13.9. The van der Waals surface area contributed by atoms with Crippen molar-refractivity contribution in [1.29, 1.82) is 0 Å². The molecule has 3 N–H and O–H groups in total. The Balaban J connectivity index is 0.00000243. The highest BCUT2D eigenvalue weighted by molar-refractivity contribution is 8.93. The number of halogens is 4. The van der Waals surface area contributed by atoms with Crippen LogP contribution in [0.3, 0.4) is 0 Å². The molecule has 1 heterocycles. The molecule has 1 aliphatic heterocycles. The molecule has 26 heavy (non-hydrogen) atoms. The van der Waals surface area contributed by atoms with E-state index in [0.717, 1.165) is 23.3 Å². The van der Waals surface area contributed by atoms with Crippen molar-refractivity contribution < 1.29 is 23.4 Å². The minimum atomic E-state index is -4.40. The number of fused-ring (bicyclic) bond motifs is 1. The number of hydrogen-bond donors (Lipinski definition) is 3. The average molecular weight is 450 g/mol. The Morgan fingerprint density at radius 3 is 2.58 bits per heavy atom. The van der Waals surface area contributed by atoms with Crippen molar-refractivity contribution in [2.75, 3.05) is 19.3 Å². The van der Waals surface area contributed by atoms with Gasteiger partial charge in [0.25, 0.3) is 0 Å². The Morgan fingerprint density at radius 2 is 1.92 bits per heavy atom. The lowest BCUT2D eigenvalue weighted by molar-refractivity contribution is -0.137. The maximum absolute atomic E-state index is 13.1. The van der Waals surface area contributed by atoms with Crippen LogP contribution < -0.4 is 5.32 Å². The number of rotatable bonds is 2. The van der Waals surface area contributed by atoms with E-state index in [9.17, 15) is 23.4 Å². The third kappa shape index (κ3) is 3.97. The summed E-state index contributed by atoms with van der Waals surface area (Å²) in [6.07, 6.45) is -1.97. The van der Waals surface area contributed by atoms with Gasteiger partial charge in [-0.3, -0.25) is 0 Å². The first-order valence-corrected chi connectivity index (χ1v) is 9.05. The number of nitrogens with one attached hydrogen (secondary N) is 1. The van der Waals surface area contributed by atoms with Gasteiger partial charge < -0.3 is 15.5 Å². The monoisotopic (exact) mass is 449 g/mol. The summed E-state index contributed by atoms with van der Waals surface area (Å²) in [6.45, 7) is 1.12. The minimum absolute atomic E-state index is 0. The fourth-order valence-corrected chi connectivity index (χ4v) is 4.04. The smallest absolute Gasteiger partial charge is 0.416 e. The molecule has 142 valence electrons. The Hall–Kier alpha value is -1.38. The quantitative estimate of drug-likeness (QED) is 0.459. The van der Waals surface area contributed by atoms with Crippen LogP contribution in [0.4, 0.5) is 13.2 Å². The second kappa shape index (κ2) is 8.10. The van der Waals surface area contributed by atoms with E-state index in [1.807, 2.05) is 0 Å². The molecule has 1 aliphatic rings. The Bertz CT molecular complexity index is 799. The molecule has 0 saturated heterocycles. The van der Waals surface area contributed by atoms with Crippen molar-refractivity contribution in [3.63, 3.8) is 0 Å². The van der Waals surface area contributed by atoms with Gasteiger partial charge in [-0.1, -0.05) is 18.2 Å². The summed E-state index contributed by atoms with van der Waals surface area (Å²) in [5, 5.41) is 23.4. The predicted molar refractivity (Wildman–Crippen MR) is 102 cm³/mol. The molecule has 0 fully saturated rings. The molecular formula is C18H19BrF3NO2S. The van der Waals surface area contributed by atoms with Gasteiger partial charge >= 0.3 is 6.18 Å². The lowest BCUT2D eigenvalue weighted by Gasteiger charge is -2.22. The number of aromatic hydroxyl groups is 2. The highest BCUT2D eigenvalue weighted by atomic mass is 79.9. The zero-order chi connectivity index (χ0) is 18.2. The van der Waals surface area contributed by atoms with E-state index in [4.69, 9.17) is 0 Å². The molecule has 1 unspecified atom stereocenters. The van der Waals surface area contributed by atoms with Gasteiger partial charge in [-0.25, -0.2) is 0 Å². The van der Waals surface area contributed by atoms with Gasteiger partial charge in [-0.15, -0.1) is 28.7 Å². The topological polar surface area (TPSA) is 52.5 Å². The van der Waals surface area contributed by atoms with E-state index in [1.54, 1.807) is 12.3 Å². The van der Waals surface area contributed by atoms with Crippen LogP contribution >= 0.6 is 28.7 Å². The highest BCUT2D eigenvalue weighted by Gasteiger charge is 2.32. The molecule has 0 amide bonds. The zero-order valence-corrected chi connectivity index (χ0v) is 16.5. The molecule has 3 nitrogen and oxygen atoms in total. The molecule has 0 radical (unpaired) electrons. The van der Waals surface area contributed by atoms with Crippen LogP contribution in [0.1, 0.15) is 28.2 Å². The summed E-state index contributed by atoms with van der Waals surface area (Å²) < 4.78 is 39.2. The number of alkyl halides is 3. The first-order valence-electron chi connectivity index (χ1n) is 7.82. The fraction of sp³-hybridized carbons (Fsp3) is 0.333. The molecule has 8 heteroatoms. The Labute approximate surface area is 164 Å². The molecule has 0 aliphatic carbocycles. The van der Waals surface area contributed by atoms with Crippen LogP contribution in [0.15, 0.2) is 35.2 Å². The highest BCUT2D eigenvalue weighted by Crippen LogP contribution is 2.44. The molecule has 0 spiro atoms. The number of benzene rings is 2. The lowest BCUT2D eigenvalue weighted by atomic mass is 9.87. The molecule has 0 saturated carbocycles. The van der Waals surface area contributed by atoms with Crippen LogP contribution in [-0.4, -0.2) is 29.6 Å². The van der Waals surface area contributed by atoms with E-state index < -0.39 is 11.7 Å². The SMILES string of the molecule is Br.CSc1c(O)c(O)cc2c1CCNCC2c1cccc(C(F)(F)F)c1. The molecule has 2 aromatic rings. The molecule has 2 aromatic carbocycles. The summed E-state index contributed by atoms with van der Waals surface area (Å²) in [5.41, 5.74) is 1.46. The number of hydrogen-bond acceptors (Lipinski definition) is 4. The number of thioether (sulfide) groups is 1. The molecule has 0 bridgehead atoms. The van der Waals surface area contributed by atoms with Crippen LogP contribution in [0.5, 0.6) is 11.5 Å². The van der Waals surface area contributed by atoms with E-state index in [2.05, 4.69) is 5.32 Å². The summed E-state index contributed by atoms with van der Waals surface area (Å²) in [5.74, 6) is -0.755. The average Bonchev–Trinajstić information content (AvgIpc) is 2.78. The standard InChI is InChI=1S/C18H18F3NO2S.BrH/c1-25-17-12-5-6-22-9-14(13(12)8-15(23)16(17)24)10-3-2-4-11(7-10)18(19,20)21;/h2-4,7-8,14,22-24H,5-6,9H2,1H3;1H. The van der Waals surface area contributed by atoms with Crippen molar-refractivity contribution in [2.24, 2.45) is 0 Å². The van der Waals surface area contributed by atoms with Crippen LogP contribution in [0, 0.1) is 0 Å². The first kappa shape index (κ1) is 20.9. The van der Waals surface area contributed by atoms with Gasteiger partial charge in [0.15, 0.2) is 11.5 Å². The van der Waals surface area contributed by atoms with Gasteiger partial charge in [-0.05, 0) is 48.0 Å². The van der Waals surface area contributed by atoms with Crippen LogP contribution in [-0.2, 0) is 12.6 Å². The lowest BCUT2D eigenvalue weighted by Crippen LogP contribution is -2.21. The van der Waals surface area contributed by atoms with E-state index in [-0.39, 0.29) is 34.4 Å². The van der Waals surface area contributed by atoms with Gasteiger partial charge in [0.2, 0.25) is 0 Å². The summed E-state index contributed by atoms with van der Waals surface area (Å²) >= 11 is 1.32. The van der Waals surface area contributed by atoms with E-state index >= 15 is 0 Å². The van der Waals surface area contributed by atoms with Crippen LogP contribution in [0.2, 0.25) is 0 Å². The minimum Gasteiger partial charge on any atom is -0.504 e.